The Kier molecular flexibility index (Phi) is 3.41. The zero-order chi connectivity index (χ0) is 11.5. The molecule has 2 atom stereocenters. The van der Waals surface area contributed by atoms with Gasteiger partial charge in [-0.2, -0.15) is 11.3 Å². The summed E-state index contributed by atoms with van der Waals surface area (Å²) >= 11 is 1.65. The topological polar surface area (TPSA) is 29.5 Å². The Bertz CT molecular complexity index is 374. The molecule has 2 unspecified atom stereocenters. The van der Waals surface area contributed by atoms with Gasteiger partial charge < -0.3 is 9.64 Å². The van der Waals surface area contributed by atoms with E-state index in [1.54, 1.807) is 16.2 Å². The number of amides is 1. The van der Waals surface area contributed by atoms with Gasteiger partial charge >= 0.3 is 0 Å². The summed E-state index contributed by atoms with van der Waals surface area (Å²) < 4.78 is 5.83. The normalized spacial score (nSPS) is 25.4. The van der Waals surface area contributed by atoms with Gasteiger partial charge in [-0.05, 0) is 35.4 Å². The van der Waals surface area contributed by atoms with Crippen molar-refractivity contribution >= 4 is 17.2 Å². The van der Waals surface area contributed by atoms with Crippen molar-refractivity contribution in [2.75, 3.05) is 13.1 Å². The highest BCUT2D eigenvalue weighted by Crippen LogP contribution is 2.26. The van der Waals surface area contributed by atoms with E-state index in [0.29, 0.717) is 13.1 Å². The Hall–Kier alpha value is -1.13. The van der Waals surface area contributed by atoms with E-state index in [1.807, 2.05) is 18.4 Å². The molecule has 1 aromatic rings. The maximum atomic E-state index is 11.6. The highest BCUT2D eigenvalue weighted by molar-refractivity contribution is 7.07. The van der Waals surface area contributed by atoms with E-state index in [-0.39, 0.29) is 18.1 Å². The Balaban J connectivity index is 2.11. The molecule has 1 aliphatic rings. The standard InChI is InChI=1S/C12H15NO2S/c1-3-12(14)13-6-9(2)15-11(7-13)10-4-5-16-8-10/h3-5,8-9,11H,1,6-7H2,2H3. The van der Waals surface area contributed by atoms with Crippen LogP contribution in [-0.4, -0.2) is 30.0 Å². The van der Waals surface area contributed by atoms with Crippen LogP contribution in [-0.2, 0) is 9.53 Å². The summed E-state index contributed by atoms with van der Waals surface area (Å²) in [5.41, 5.74) is 1.15. The Morgan fingerprint density at radius 2 is 2.50 bits per heavy atom. The SMILES string of the molecule is C=CC(=O)N1CC(C)OC(c2ccsc2)C1. The van der Waals surface area contributed by atoms with E-state index in [2.05, 4.69) is 12.0 Å². The van der Waals surface area contributed by atoms with Crippen LogP contribution in [0.2, 0.25) is 0 Å². The molecule has 2 heterocycles. The number of carbonyl (C=O) groups is 1. The maximum Gasteiger partial charge on any atom is 0.246 e. The lowest BCUT2D eigenvalue weighted by Gasteiger charge is -2.36. The molecule has 0 saturated carbocycles. The Labute approximate surface area is 99.3 Å². The van der Waals surface area contributed by atoms with Crippen LogP contribution >= 0.6 is 11.3 Å². The van der Waals surface area contributed by atoms with Crippen LogP contribution in [0, 0.1) is 0 Å². The summed E-state index contributed by atoms with van der Waals surface area (Å²) in [7, 11) is 0. The van der Waals surface area contributed by atoms with Crippen molar-refractivity contribution in [2.45, 2.75) is 19.1 Å². The first kappa shape index (κ1) is 11.4. The fraction of sp³-hybridized carbons (Fsp3) is 0.417. The van der Waals surface area contributed by atoms with Gasteiger partial charge in [-0.1, -0.05) is 6.58 Å². The minimum atomic E-state index is -0.0182. The average molecular weight is 237 g/mol. The van der Waals surface area contributed by atoms with Crippen LogP contribution in [0.15, 0.2) is 29.5 Å². The second-order valence-corrected chi connectivity index (χ2v) is 4.72. The predicted molar refractivity (Wildman–Crippen MR) is 64.4 cm³/mol. The minimum Gasteiger partial charge on any atom is -0.367 e. The molecule has 0 aromatic carbocycles. The number of ether oxygens (including phenoxy) is 1. The fourth-order valence-electron chi connectivity index (χ4n) is 1.90. The van der Waals surface area contributed by atoms with E-state index in [9.17, 15) is 4.79 Å². The molecule has 1 aliphatic heterocycles. The summed E-state index contributed by atoms with van der Waals surface area (Å²) in [6, 6.07) is 2.05. The lowest BCUT2D eigenvalue weighted by atomic mass is 10.1. The summed E-state index contributed by atoms with van der Waals surface area (Å²) in [6.07, 6.45) is 1.43. The number of carbonyl (C=O) groups excluding carboxylic acids is 1. The molecule has 1 fully saturated rings. The summed E-state index contributed by atoms with van der Waals surface area (Å²) in [4.78, 5) is 13.4. The van der Waals surface area contributed by atoms with Crippen LogP contribution in [0.1, 0.15) is 18.6 Å². The maximum absolute atomic E-state index is 11.6. The van der Waals surface area contributed by atoms with Gasteiger partial charge in [0, 0.05) is 6.54 Å². The van der Waals surface area contributed by atoms with E-state index in [1.165, 1.54) is 6.08 Å². The highest BCUT2D eigenvalue weighted by Gasteiger charge is 2.28. The zero-order valence-corrected chi connectivity index (χ0v) is 10.1. The molecule has 0 radical (unpaired) electrons. The van der Waals surface area contributed by atoms with Crippen LogP contribution in [0.4, 0.5) is 0 Å². The second kappa shape index (κ2) is 4.80. The molecule has 0 N–H and O–H groups in total. The summed E-state index contributed by atoms with van der Waals surface area (Å²) in [5, 5.41) is 4.09. The zero-order valence-electron chi connectivity index (χ0n) is 9.26. The lowest BCUT2D eigenvalue weighted by molar-refractivity contribution is -0.139. The molecule has 0 bridgehead atoms. The van der Waals surface area contributed by atoms with Crippen molar-refractivity contribution in [1.29, 1.82) is 0 Å². The molecule has 1 saturated heterocycles. The quantitative estimate of drug-likeness (QED) is 0.738. The first-order valence-corrected chi connectivity index (χ1v) is 6.24. The Morgan fingerprint density at radius 1 is 1.69 bits per heavy atom. The van der Waals surface area contributed by atoms with Crippen LogP contribution < -0.4 is 0 Å². The van der Waals surface area contributed by atoms with E-state index in [0.717, 1.165) is 5.56 Å². The molecule has 86 valence electrons. The van der Waals surface area contributed by atoms with Crippen LogP contribution in [0.3, 0.4) is 0 Å². The first-order valence-electron chi connectivity index (χ1n) is 5.29. The number of hydrogen-bond acceptors (Lipinski definition) is 3. The molecule has 1 amide bonds. The minimum absolute atomic E-state index is 0.00102. The third kappa shape index (κ3) is 2.33. The van der Waals surface area contributed by atoms with Gasteiger partial charge in [0.15, 0.2) is 0 Å². The van der Waals surface area contributed by atoms with Crippen molar-refractivity contribution in [1.82, 2.24) is 4.90 Å². The summed E-state index contributed by atoms with van der Waals surface area (Å²) in [6.45, 7) is 6.77. The number of nitrogens with zero attached hydrogens (tertiary/aromatic N) is 1. The molecule has 3 nitrogen and oxygen atoms in total. The number of thiophene rings is 1. The largest absolute Gasteiger partial charge is 0.367 e. The van der Waals surface area contributed by atoms with Crippen molar-refractivity contribution in [3.63, 3.8) is 0 Å². The van der Waals surface area contributed by atoms with Crippen LogP contribution in [0.25, 0.3) is 0 Å². The van der Waals surface area contributed by atoms with Gasteiger partial charge in [0.2, 0.25) is 5.91 Å². The van der Waals surface area contributed by atoms with Gasteiger partial charge in [0.05, 0.1) is 12.6 Å². The molecule has 16 heavy (non-hydrogen) atoms. The highest BCUT2D eigenvalue weighted by atomic mass is 32.1. The fourth-order valence-corrected chi connectivity index (χ4v) is 2.60. The molecule has 0 aliphatic carbocycles. The van der Waals surface area contributed by atoms with Crippen molar-refractivity contribution in [2.24, 2.45) is 0 Å². The molecular weight excluding hydrogens is 222 g/mol. The van der Waals surface area contributed by atoms with Gasteiger partial charge in [-0.25, -0.2) is 0 Å². The summed E-state index contributed by atoms with van der Waals surface area (Å²) in [5.74, 6) is -0.0182. The molecule has 2 rings (SSSR count). The van der Waals surface area contributed by atoms with E-state index < -0.39 is 0 Å². The predicted octanol–water partition coefficient (Wildman–Crippen LogP) is 2.22. The smallest absolute Gasteiger partial charge is 0.246 e. The molecule has 4 heteroatoms. The van der Waals surface area contributed by atoms with E-state index >= 15 is 0 Å². The van der Waals surface area contributed by atoms with Crippen molar-refractivity contribution < 1.29 is 9.53 Å². The second-order valence-electron chi connectivity index (χ2n) is 3.94. The van der Waals surface area contributed by atoms with Gasteiger partial charge in [-0.15, -0.1) is 0 Å². The molecule has 1 aromatic heterocycles. The van der Waals surface area contributed by atoms with Gasteiger partial charge in [0.25, 0.3) is 0 Å². The third-order valence-corrected chi connectivity index (χ3v) is 3.36. The van der Waals surface area contributed by atoms with E-state index in [4.69, 9.17) is 4.74 Å². The van der Waals surface area contributed by atoms with Crippen molar-refractivity contribution in [3.05, 3.63) is 35.0 Å². The molecular formula is C12H15NO2S. The number of morpholine rings is 1. The van der Waals surface area contributed by atoms with Crippen LogP contribution in [0.5, 0.6) is 0 Å². The third-order valence-electron chi connectivity index (χ3n) is 2.66. The van der Waals surface area contributed by atoms with Gasteiger partial charge in [0.1, 0.15) is 6.10 Å². The number of rotatable bonds is 2. The van der Waals surface area contributed by atoms with Gasteiger partial charge in [-0.3, -0.25) is 4.79 Å². The van der Waals surface area contributed by atoms with Crippen molar-refractivity contribution in [3.8, 4) is 0 Å². The molecule has 0 spiro atoms. The number of hydrogen-bond donors (Lipinski definition) is 0. The monoisotopic (exact) mass is 237 g/mol. The Morgan fingerprint density at radius 3 is 3.12 bits per heavy atom. The first-order chi connectivity index (χ1) is 7.70. The lowest BCUT2D eigenvalue weighted by Crippen LogP contribution is -2.45. The average Bonchev–Trinajstić information content (AvgIpc) is 2.80.